The Morgan fingerprint density at radius 1 is 1.16 bits per heavy atom. The van der Waals surface area contributed by atoms with Crippen LogP contribution in [0.25, 0.3) is 0 Å². The summed E-state index contributed by atoms with van der Waals surface area (Å²) in [4.78, 5) is 21.3. The average Bonchev–Trinajstić information content (AvgIpc) is 2.27. The molecule has 0 saturated heterocycles. The fourth-order valence-corrected chi connectivity index (χ4v) is 0.0957. The van der Waals surface area contributed by atoms with Crippen LogP contribution in [0.15, 0.2) is 0 Å². The van der Waals surface area contributed by atoms with Gasteiger partial charge in [-0.25, -0.2) is 0 Å². The van der Waals surface area contributed by atoms with E-state index in [9.17, 15) is 10.1 Å². The molecule has 0 spiro atoms. The predicted molar refractivity (Wildman–Crippen MR) is 65.5 cm³/mol. The van der Waals surface area contributed by atoms with Crippen LogP contribution in [-0.4, -0.2) is 41.9 Å². The van der Waals surface area contributed by atoms with Gasteiger partial charge in [0.2, 0.25) is 0 Å². The maximum absolute atomic E-state index is 9.26. The predicted octanol–water partition coefficient (Wildman–Crippen LogP) is 1.85. The van der Waals surface area contributed by atoms with Gasteiger partial charge in [0.05, 0.1) is 0 Å². The van der Waals surface area contributed by atoms with Gasteiger partial charge in [-0.15, -0.1) is 20.2 Å². The summed E-state index contributed by atoms with van der Waals surface area (Å²) in [6.45, 7) is 3.95. The van der Waals surface area contributed by atoms with Crippen molar-refractivity contribution in [2.75, 3.05) is 26.5 Å². The van der Waals surface area contributed by atoms with E-state index in [0.29, 0.717) is 5.52 Å². The SMILES string of the molecule is CCC.COCBr.COCO[N+](=O)[O-].O=[N+]([O-])O.[Ag]. The quantitative estimate of drug-likeness (QED) is 0.227. The van der Waals surface area contributed by atoms with Crippen LogP contribution in [0.2, 0.25) is 0 Å². The Morgan fingerprint density at radius 3 is 1.47 bits per heavy atom. The molecule has 0 fully saturated rings. The molecule has 0 rings (SSSR count). The molecule has 10 nitrogen and oxygen atoms in total. The minimum Gasteiger partial charge on any atom is -0.373 e. The van der Waals surface area contributed by atoms with E-state index < -0.39 is 10.2 Å². The largest absolute Gasteiger partial charge is 0.373 e. The number of halogens is 1. The van der Waals surface area contributed by atoms with Crippen molar-refractivity contribution in [3.63, 3.8) is 0 Å². The number of methoxy groups -OCH3 is 2. The van der Waals surface area contributed by atoms with E-state index in [2.05, 4.69) is 44.1 Å². The second-order valence-electron chi connectivity index (χ2n) is 2.10. The maximum atomic E-state index is 9.26. The minimum atomic E-state index is -1.50. The van der Waals surface area contributed by atoms with Gasteiger partial charge in [-0.2, -0.15) is 0 Å². The number of ether oxygens (including phenoxy) is 2. The molecule has 0 heterocycles. The van der Waals surface area contributed by atoms with Gasteiger partial charge in [-0.1, -0.05) is 36.2 Å². The van der Waals surface area contributed by atoms with Gasteiger partial charge in [-0.05, 0) is 0 Å². The number of hydrogen-bond donors (Lipinski definition) is 1. The summed E-state index contributed by atoms with van der Waals surface area (Å²) in [5.74, 6) is 0. The average molecular weight is 447 g/mol. The molecule has 0 aromatic heterocycles. The second kappa shape index (κ2) is 36.0. The van der Waals surface area contributed by atoms with Crippen LogP contribution in [0.4, 0.5) is 0 Å². The zero-order valence-electron chi connectivity index (χ0n) is 11.0. The second-order valence-corrected chi connectivity index (χ2v) is 2.56. The third-order valence-corrected chi connectivity index (χ3v) is 0.843. The van der Waals surface area contributed by atoms with Crippen molar-refractivity contribution in [1.82, 2.24) is 0 Å². The van der Waals surface area contributed by atoms with Crippen LogP contribution in [0.3, 0.4) is 0 Å². The molecular weight excluding hydrogens is 428 g/mol. The van der Waals surface area contributed by atoms with Crippen molar-refractivity contribution >= 4 is 15.9 Å². The van der Waals surface area contributed by atoms with E-state index in [4.69, 9.17) is 15.3 Å². The third-order valence-electron chi connectivity index (χ3n) is 0.385. The molecule has 19 heavy (non-hydrogen) atoms. The van der Waals surface area contributed by atoms with Gasteiger partial charge in [0.25, 0.3) is 10.2 Å². The summed E-state index contributed by atoms with van der Waals surface area (Å²) < 4.78 is 8.65. The molecule has 0 amide bonds. The Morgan fingerprint density at radius 2 is 1.42 bits per heavy atom. The van der Waals surface area contributed by atoms with Crippen LogP contribution in [0.5, 0.6) is 0 Å². The topological polar surface area (TPSA) is 134 Å². The molecule has 0 aliphatic rings. The summed E-state index contributed by atoms with van der Waals surface area (Å²) in [5.41, 5.74) is 0.632. The Kier molecular flexibility index (Phi) is 59.0. The maximum Gasteiger partial charge on any atom is 0.296 e. The Hall–Kier alpha value is -0.460. The van der Waals surface area contributed by atoms with Crippen LogP contribution in [0, 0.1) is 20.2 Å². The summed E-state index contributed by atoms with van der Waals surface area (Å²) in [6.07, 6.45) is 1.25. The van der Waals surface area contributed by atoms with Gasteiger partial charge in [0, 0.05) is 36.6 Å². The molecule has 0 atom stereocenters. The number of nitrogens with zero attached hydrogens (tertiary/aromatic N) is 2. The molecule has 0 aromatic carbocycles. The van der Waals surface area contributed by atoms with E-state index in [-0.39, 0.29) is 29.2 Å². The van der Waals surface area contributed by atoms with E-state index in [0.717, 1.165) is 0 Å². The van der Waals surface area contributed by atoms with E-state index >= 15 is 0 Å². The first-order chi connectivity index (χ1) is 8.33. The third kappa shape index (κ3) is 205. The molecule has 0 aromatic rings. The molecule has 0 saturated carbocycles. The van der Waals surface area contributed by atoms with Crippen molar-refractivity contribution in [2.24, 2.45) is 0 Å². The van der Waals surface area contributed by atoms with E-state index in [1.807, 2.05) is 0 Å². The van der Waals surface area contributed by atoms with Crippen LogP contribution in [-0.2, 0) is 36.7 Å². The molecule has 0 aliphatic heterocycles. The Bertz CT molecular complexity index is 171. The van der Waals surface area contributed by atoms with Crippen molar-refractivity contribution < 1.29 is 52.1 Å². The van der Waals surface area contributed by atoms with Gasteiger partial charge >= 0.3 is 0 Å². The molecule has 1 radical (unpaired) electrons. The van der Waals surface area contributed by atoms with E-state index in [1.165, 1.54) is 13.5 Å². The smallest absolute Gasteiger partial charge is 0.296 e. The first-order valence-corrected chi connectivity index (χ1v) is 5.60. The summed E-state index contributed by atoms with van der Waals surface area (Å²) >= 11 is 3.03. The van der Waals surface area contributed by atoms with Gasteiger partial charge in [0.15, 0.2) is 6.79 Å². The van der Waals surface area contributed by atoms with Gasteiger partial charge in [0.1, 0.15) is 5.52 Å². The molecule has 0 aliphatic carbocycles. The Labute approximate surface area is 135 Å². The molecule has 1 N–H and O–H groups in total. The molecule has 12 heteroatoms. The van der Waals surface area contributed by atoms with Crippen LogP contribution in [0.1, 0.15) is 20.3 Å². The Balaban J connectivity index is -0.0000000478. The first-order valence-electron chi connectivity index (χ1n) is 4.48. The van der Waals surface area contributed by atoms with Crippen molar-refractivity contribution in [1.29, 1.82) is 0 Å². The van der Waals surface area contributed by atoms with Gasteiger partial charge < -0.3 is 14.7 Å². The van der Waals surface area contributed by atoms with E-state index in [1.54, 1.807) is 7.11 Å². The number of hydrogen-bond acceptors (Lipinski definition) is 7. The molecule has 0 bridgehead atoms. The number of rotatable bonds is 4. The van der Waals surface area contributed by atoms with Gasteiger partial charge in [-0.3, -0.25) is 4.84 Å². The molecule has 0 unspecified atom stereocenters. The molecular formula is C7H19AgBrN2O8. The summed E-state index contributed by atoms with van der Waals surface area (Å²) in [7, 11) is 2.94. The molecule has 123 valence electrons. The fraction of sp³-hybridized carbons (Fsp3) is 1.00. The number of alkyl halides is 1. The van der Waals surface area contributed by atoms with Crippen molar-refractivity contribution in [2.45, 2.75) is 20.3 Å². The first kappa shape index (κ1) is 31.1. The zero-order valence-corrected chi connectivity index (χ0v) is 14.1. The van der Waals surface area contributed by atoms with Crippen molar-refractivity contribution in [3.8, 4) is 0 Å². The fourth-order valence-electron chi connectivity index (χ4n) is 0.0957. The van der Waals surface area contributed by atoms with Crippen LogP contribution >= 0.6 is 15.9 Å². The van der Waals surface area contributed by atoms with Crippen LogP contribution < -0.4 is 0 Å². The standard InChI is InChI=1S/C3H8.C2H5BrO.C2H5NO4.Ag.HNO3/c1-3-2;1-4-2-3;1-6-2-7-3(4)5;;2-1(3)4/h3H2,1-2H3;2H2,1H3;2H2,1H3;;(H,2,3,4). The zero-order chi connectivity index (χ0) is 15.4. The minimum absolute atomic E-state index is 0. The van der Waals surface area contributed by atoms with Crippen molar-refractivity contribution in [3.05, 3.63) is 20.2 Å². The summed E-state index contributed by atoms with van der Waals surface area (Å²) in [5, 5.41) is 22.0. The normalized spacial score (nSPS) is 6.79. The monoisotopic (exact) mass is 445 g/mol. The summed E-state index contributed by atoms with van der Waals surface area (Å²) in [6, 6.07) is 0.